The largest absolute Gasteiger partial charge is 0.370 e. The number of hydrogen-bond donors (Lipinski definition) is 3. The summed E-state index contributed by atoms with van der Waals surface area (Å²) in [6.45, 7) is 3.08. The van der Waals surface area contributed by atoms with Crippen LogP contribution in [0.2, 0.25) is 0 Å². The monoisotopic (exact) mass is 251 g/mol. The summed E-state index contributed by atoms with van der Waals surface area (Å²) in [5, 5.41) is 13.3. The highest BCUT2D eigenvalue weighted by atomic mass is 16.2. The Morgan fingerprint density at radius 2 is 2.11 bits per heavy atom. The van der Waals surface area contributed by atoms with E-state index >= 15 is 0 Å². The molecule has 7 nitrogen and oxygen atoms in total. The molecule has 0 atom stereocenters. The first kappa shape index (κ1) is 13.9. The Balaban J connectivity index is 2.39. The molecule has 0 saturated carbocycles. The smallest absolute Gasteiger partial charge is 0.271 e. The Kier molecular flexibility index (Phi) is 5.56. The molecule has 0 bridgehead atoms. The van der Waals surface area contributed by atoms with Crippen molar-refractivity contribution in [3.63, 3.8) is 0 Å². The minimum atomic E-state index is -0.376. The standard InChI is InChI=1S/C11H17N5O2/c1-2-13-10-6-5-8(15-16-10)11(18)14-7-3-4-9(12)17/h5-6H,2-4,7H2,1H3,(H2,12,17)(H,13,16)(H,14,18). The molecule has 0 saturated heterocycles. The molecule has 1 aromatic heterocycles. The summed E-state index contributed by atoms with van der Waals surface area (Å²) in [5.74, 6) is -0.0585. The summed E-state index contributed by atoms with van der Waals surface area (Å²) in [6, 6.07) is 3.28. The van der Waals surface area contributed by atoms with Crippen LogP contribution in [0.15, 0.2) is 12.1 Å². The van der Waals surface area contributed by atoms with E-state index in [9.17, 15) is 9.59 Å². The molecule has 2 amide bonds. The van der Waals surface area contributed by atoms with Crippen LogP contribution in [0, 0.1) is 0 Å². The van der Waals surface area contributed by atoms with Crippen LogP contribution in [0.5, 0.6) is 0 Å². The first-order valence-corrected chi connectivity index (χ1v) is 5.77. The fourth-order valence-corrected chi connectivity index (χ4v) is 1.28. The normalized spacial score (nSPS) is 9.83. The molecule has 0 aromatic carbocycles. The van der Waals surface area contributed by atoms with Crippen molar-refractivity contribution in [1.29, 1.82) is 0 Å². The van der Waals surface area contributed by atoms with Crippen molar-refractivity contribution in [2.75, 3.05) is 18.4 Å². The predicted molar refractivity (Wildman–Crippen MR) is 67.0 cm³/mol. The molecule has 0 fully saturated rings. The van der Waals surface area contributed by atoms with Gasteiger partial charge in [0.25, 0.3) is 5.91 Å². The van der Waals surface area contributed by atoms with Crippen molar-refractivity contribution < 1.29 is 9.59 Å². The van der Waals surface area contributed by atoms with Gasteiger partial charge in [-0.2, -0.15) is 0 Å². The Morgan fingerprint density at radius 1 is 1.33 bits per heavy atom. The molecule has 0 spiro atoms. The van der Waals surface area contributed by atoms with Crippen LogP contribution in [0.4, 0.5) is 5.82 Å². The van der Waals surface area contributed by atoms with Crippen molar-refractivity contribution in [3.8, 4) is 0 Å². The second-order valence-corrected chi connectivity index (χ2v) is 3.66. The molecular weight excluding hydrogens is 234 g/mol. The van der Waals surface area contributed by atoms with Crippen molar-refractivity contribution >= 4 is 17.6 Å². The Labute approximate surface area is 105 Å². The van der Waals surface area contributed by atoms with Crippen LogP contribution in [0.25, 0.3) is 0 Å². The lowest BCUT2D eigenvalue weighted by molar-refractivity contribution is -0.118. The van der Waals surface area contributed by atoms with Gasteiger partial charge in [0.15, 0.2) is 5.69 Å². The van der Waals surface area contributed by atoms with E-state index < -0.39 is 0 Å². The highest BCUT2D eigenvalue weighted by molar-refractivity contribution is 5.92. The fourth-order valence-electron chi connectivity index (χ4n) is 1.28. The number of amides is 2. The maximum atomic E-state index is 11.6. The Bertz CT molecular complexity index is 404. The van der Waals surface area contributed by atoms with E-state index in [0.717, 1.165) is 6.54 Å². The molecule has 98 valence electrons. The first-order chi connectivity index (χ1) is 8.63. The van der Waals surface area contributed by atoms with Crippen molar-refractivity contribution in [1.82, 2.24) is 15.5 Å². The van der Waals surface area contributed by atoms with Gasteiger partial charge in [-0.15, -0.1) is 10.2 Å². The number of primary amides is 1. The molecule has 0 radical (unpaired) electrons. The van der Waals surface area contributed by atoms with Gasteiger partial charge in [-0.3, -0.25) is 9.59 Å². The lowest BCUT2D eigenvalue weighted by Crippen LogP contribution is -2.26. The zero-order chi connectivity index (χ0) is 13.4. The minimum Gasteiger partial charge on any atom is -0.370 e. The number of hydrogen-bond acceptors (Lipinski definition) is 5. The summed E-state index contributed by atoms with van der Waals surface area (Å²) in [6.07, 6.45) is 0.773. The van der Waals surface area contributed by atoms with Gasteiger partial charge in [0.05, 0.1) is 0 Å². The van der Waals surface area contributed by atoms with E-state index in [-0.39, 0.29) is 23.9 Å². The molecule has 4 N–H and O–H groups in total. The zero-order valence-electron chi connectivity index (χ0n) is 10.3. The van der Waals surface area contributed by atoms with Gasteiger partial charge < -0.3 is 16.4 Å². The molecule has 1 rings (SSSR count). The molecule has 1 heterocycles. The number of nitrogens with two attached hydrogens (primary N) is 1. The third-order valence-electron chi connectivity index (χ3n) is 2.14. The third kappa shape index (κ3) is 4.77. The fraction of sp³-hybridized carbons (Fsp3) is 0.455. The summed E-state index contributed by atoms with van der Waals surface area (Å²) in [4.78, 5) is 22.1. The molecule has 0 unspecified atom stereocenters. The zero-order valence-corrected chi connectivity index (χ0v) is 10.3. The molecular formula is C11H17N5O2. The lowest BCUT2D eigenvalue weighted by atomic mass is 10.3. The van der Waals surface area contributed by atoms with E-state index in [2.05, 4.69) is 20.8 Å². The van der Waals surface area contributed by atoms with Crippen molar-refractivity contribution in [3.05, 3.63) is 17.8 Å². The van der Waals surface area contributed by atoms with Gasteiger partial charge in [-0.25, -0.2) is 0 Å². The van der Waals surface area contributed by atoms with Gasteiger partial charge in [0.1, 0.15) is 5.82 Å². The van der Waals surface area contributed by atoms with Crippen LogP contribution < -0.4 is 16.4 Å². The van der Waals surface area contributed by atoms with Crippen LogP contribution in [0.3, 0.4) is 0 Å². The Morgan fingerprint density at radius 3 is 2.67 bits per heavy atom. The topological polar surface area (TPSA) is 110 Å². The Hall–Kier alpha value is -2.18. The van der Waals surface area contributed by atoms with Gasteiger partial charge >= 0.3 is 0 Å². The third-order valence-corrected chi connectivity index (χ3v) is 2.14. The van der Waals surface area contributed by atoms with Gasteiger partial charge in [0, 0.05) is 19.5 Å². The van der Waals surface area contributed by atoms with E-state index in [4.69, 9.17) is 5.73 Å². The van der Waals surface area contributed by atoms with Gasteiger partial charge in [-0.05, 0) is 25.5 Å². The summed E-state index contributed by atoms with van der Waals surface area (Å²) >= 11 is 0. The number of aromatic nitrogens is 2. The number of nitrogens with one attached hydrogen (secondary N) is 2. The second kappa shape index (κ2) is 7.21. The number of nitrogens with zero attached hydrogens (tertiary/aromatic N) is 2. The van der Waals surface area contributed by atoms with E-state index in [1.54, 1.807) is 12.1 Å². The maximum Gasteiger partial charge on any atom is 0.271 e. The summed E-state index contributed by atoms with van der Waals surface area (Å²) < 4.78 is 0. The summed E-state index contributed by atoms with van der Waals surface area (Å²) in [7, 11) is 0. The highest BCUT2D eigenvalue weighted by Crippen LogP contribution is 2.01. The van der Waals surface area contributed by atoms with Crippen LogP contribution in [0.1, 0.15) is 30.3 Å². The van der Waals surface area contributed by atoms with E-state index in [1.165, 1.54) is 0 Å². The maximum absolute atomic E-state index is 11.6. The molecule has 0 aliphatic rings. The molecule has 0 aliphatic carbocycles. The quantitative estimate of drug-likeness (QED) is 0.586. The SMILES string of the molecule is CCNc1ccc(C(=O)NCCCC(N)=O)nn1. The number of carbonyl (C=O) groups is 2. The highest BCUT2D eigenvalue weighted by Gasteiger charge is 2.07. The van der Waals surface area contributed by atoms with E-state index in [0.29, 0.717) is 18.8 Å². The number of rotatable bonds is 7. The van der Waals surface area contributed by atoms with Gasteiger partial charge in [0.2, 0.25) is 5.91 Å². The summed E-state index contributed by atoms with van der Waals surface area (Å²) in [5.41, 5.74) is 5.23. The average Bonchev–Trinajstić information content (AvgIpc) is 2.35. The number of carbonyl (C=O) groups excluding carboxylic acids is 2. The van der Waals surface area contributed by atoms with Gasteiger partial charge in [-0.1, -0.05) is 0 Å². The second-order valence-electron chi connectivity index (χ2n) is 3.66. The van der Waals surface area contributed by atoms with Crippen molar-refractivity contribution in [2.24, 2.45) is 5.73 Å². The van der Waals surface area contributed by atoms with Crippen LogP contribution >= 0.6 is 0 Å². The predicted octanol–water partition coefficient (Wildman–Crippen LogP) is -0.0963. The molecule has 7 heteroatoms. The molecule has 1 aromatic rings. The first-order valence-electron chi connectivity index (χ1n) is 5.77. The lowest BCUT2D eigenvalue weighted by Gasteiger charge is -2.04. The van der Waals surface area contributed by atoms with Crippen LogP contribution in [-0.4, -0.2) is 35.1 Å². The average molecular weight is 251 g/mol. The molecule has 18 heavy (non-hydrogen) atoms. The molecule has 0 aliphatic heterocycles. The van der Waals surface area contributed by atoms with Crippen LogP contribution in [-0.2, 0) is 4.79 Å². The minimum absolute atomic E-state index is 0.246. The van der Waals surface area contributed by atoms with Crippen molar-refractivity contribution in [2.45, 2.75) is 19.8 Å². The van der Waals surface area contributed by atoms with E-state index in [1.807, 2.05) is 6.92 Å². The number of anilines is 1.